The Labute approximate surface area is 109 Å². The predicted molar refractivity (Wildman–Crippen MR) is 66.6 cm³/mol. The Balaban J connectivity index is 2.94. The molecule has 1 aromatic rings. The van der Waals surface area contributed by atoms with E-state index in [1.54, 1.807) is 18.2 Å². The summed E-state index contributed by atoms with van der Waals surface area (Å²) in [5, 5.41) is 4.60. The molecule has 0 saturated heterocycles. The summed E-state index contributed by atoms with van der Waals surface area (Å²) in [6, 6.07) is 5.00. The Hall–Kier alpha value is -1.26. The molecule has 0 saturated carbocycles. The topological polar surface area (TPSA) is 47.9 Å². The number of carbonyl (C=O) groups excluding carboxylic acids is 1. The molecular weight excluding hydrogens is 265 g/mol. The van der Waals surface area contributed by atoms with Crippen LogP contribution in [0.25, 0.3) is 0 Å². The van der Waals surface area contributed by atoms with Gasteiger partial charge in [-0.15, -0.1) is 0 Å². The van der Waals surface area contributed by atoms with Crippen molar-refractivity contribution in [2.75, 3.05) is 14.2 Å². The third-order valence-corrected chi connectivity index (χ3v) is 2.58. The summed E-state index contributed by atoms with van der Waals surface area (Å²) >= 11 is 11.8. The maximum absolute atomic E-state index is 11.4. The first-order valence-corrected chi connectivity index (χ1v) is 5.46. The second-order valence-electron chi connectivity index (χ2n) is 3.12. The molecular formula is C11H11Cl2NO3. The van der Waals surface area contributed by atoms with Crippen molar-refractivity contribution in [3.63, 3.8) is 0 Å². The van der Waals surface area contributed by atoms with Crippen LogP contribution < -0.4 is 0 Å². The highest BCUT2D eigenvalue weighted by Crippen LogP contribution is 2.21. The minimum Gasteiger partial charge on any atom is -0.464 e. The van der Waals surface area contributed by atoms with Gasteiger partial charge in [-0.25, -0.2) is 4.79 Å². The molecule has 0 aromatic heterocycles. The van der Waals surface area contributed by atoms with Gasteiger partial charge < -0.3 is 9.57 Å². The van der Waals surface area contributed by atoms with Crippen LogP contribution in [0.2, 0.25) is 10.0 Å². The van der Waals surface area contributed by atoms with Crippen molar-refractivity contribution in [1.82, 2.24) is 0 Å². The molecule has 0 N–H and O–H groups in total. The first-order valence-electron chi connectivity index (χ1n) is 4.70. The van der Waals surface area contributed by atoms with Crippen molar-refractivity contribution in [1.29, 1.82) is 0 Å². The Morgan fingerprint density at radius 2 is 2.06 bits per heavy atom. The van der Waals surface area contributed by atoms with Crippen LogP contribution in [0.3, 0.4) is 0 Å². The molecule has 0 amide bonds. The third-order valence-electron chi connectivity index (χ3n) is 2.00. The minimum absolute atomic E-state index is 0.138. The molecule has 0 aliphatic heterocycles. The molecule has 6 heteroatoms. The van der Waals surface area contributed by atoms with Crippen molar-refractivity contribution in [2.45, 2.75) is 6.42 Å². The largest absolute Gasteiger partial charge is 0.464 e. The SMILES string of the molecule is CO/N=C(/Cc1ccc(Cl)cc1Cl)C(=O)OC. The first-order chi connectivity index (χ1) is 8.08. The van der Waals surface area contributed by atoms with Gasteiger partial charge in [-0.05, 0) is 17.7 Å². The number of hydrogen-bond acceptors (Lipinski definition) is 4. The van der Waals surface area contributed by atoms with Crippen LogP contribution in [0.1, 0.15) is 5.56 Å². The molecule has 0 radical (unpaired) electrons. The van der Waals surface area contributed by atoms with Gasteiger partial charge in [0, 0.05) is 16.5 Å². The van der Waals surface area contributed by atoms with Crippen LogP contribution >= 0.6 is 23.2 Å². The van der Waals surface area contributed by atoms with E-state index in [1.165, 1.54) is 14.2 Å². The number of hydrogen-bond donors (Lipinski definition) is 0. The van der Waals surface area contributed by atoms with E-state index in [0.29, 0.717) is 10.0 Å². The molecule has 0 aliphatic carbocycles. The van der Waals surface area contributed by atoms with Gasteiger partial charge in [0.2, 0.25) is 0 Å². The smallest absolute Gasteiger partial charge is 0.356 e. The van der Waals surface area contributed by atoms with Gasteiger partial charge in [0.15, 0.2) is 5.71 Å². The lowest BCUT2D eigenvalue weighted by molar-refractivity contribution is -0.133. The molecule has 1 aromatic carbocycles. The van der Waals surface area contributed by atoms with Crippen molar-refractivity contribution >= 4 is 34.9 Å². The van der Waals surface area contributed by atoms with Crippen LogP contribution in [-0.2, 0) is 20.8 Å². The zero-order valence-corrected chi connectivity index (χ0v) is 10.9. The van der Waals surface area contributed by atoms with Crippen molar-refractivity contribution in [2.24, 2.45) is 5.16 Å². The summed E-state index contributed by atoms with van der Waals surface area (Å²) in [5.41, 5.74) is 0.858. The van der Waals surface area contributed by atoms with Crippen LogP contribution in [0.15, 0.2) is 23.4 Å². The van der Waals surface area contributed by atoms with Crippen LogP contribution in [0, 0.1) is 0 Å². The van der Waals surface area contributed by atoms with Gasteiger partial charge >= 0.3 is 5.97 Å². The van der Waals surface area contributed by atoms with Crippen LogP contribution in [-0.4, -0.2) is 25.9 Å². The van der Waals surface area contributed by atoms with Gasteiger partial charge in [-0.2, -0.15) is 0 Å². The highest BCUT2D eigenvalue weighted by atomic mass is 35.5. The number of halogens is 2. The summed E-state index contributed by atoms with van der Waals surface area (Å²) in [7, 11) is 2.63. The Morgan fingerprint density at radius 1 is 1.35 bits per heavy atom. The number of esters is 1. The van der Waals surface area contributed by atoms with E-state index in [9.17, 15) is 4.79 Å². The van der Waals surface area contributed by atoms with Crippen molar-refractivity contribution < 1.29 is 14.4 Å². The first kappa shape index (κ1) is 13.8. The fourth-order valence-corrected chi connectivity index (χ4v) is 1.69. The van der Waals surface area contributed by atoms with Crippen molar-refractivity contribution in [3.8, 4) is 0 Å². The normalized spacial score (nSPS) is 11.2. The Morgan fingerprint density at radius 3 is 2.59 bits per heavy atom. The molecule has 0 aliphatic rings. The summed E-state index contributed by atoms with van der Waals surface area (Å²) in [5.74, 6) is -0.558. The zero-order valence-electron chi connectivity index (χ0n) is 9.37. The number of benzene rings is 1. The maximum atomic E-state index is 11.4. The fraction of sp³-hybridized carbons (Fsp3) is 0.273. The standard InChI is InChI=1S/C11H11Cl2NO3/c1-16-11(15)10(14-17-2)5-7-3-4-8(12)6-9(7)13/h3-4,6H,5H2,1-2H3/b14-10-. The summed E-state index contributed by atoms with van der Waals surface area (Å²) in [6.07, 6.45) is 0.219. The van der Waals surface area contributed by atoms with E-state index in [1.807, 2.05) is 0 Å². The minimum atomic E-state index is -0.558. The molecule has 0 bridgehead atoms. The number of methoxy groups -OCH3 is 1. The average Bonchev–Trinajstić information content (AvgIpc) is 2.30. The Bertz CT molecular complexity index is 446. The maximum Gasteiger partial charge on any atom is 0.356 e. The summed E-state index contributed by atoms with van der Waals surface area (Å²) < 4.78 is 4.58. The van der Waals surface area contributed by atoms with Gasteiger partial charge in [0.25, 0.3) is 0 Å². The zero-order chi connectivity index (χ0) is 12.8. The average molecular weight is 276 g/mol. The van der Waals surface area contributed by atoms with E-state index >= 15 is 0 Å². The number of oxime groups is 1. The molecule has 0 fully saturated rings. The van der Waals surface area contributed by atoms with E-state index < -0.39 is 5.97 Å². The van der Waals surface area contributed by atoms with Gasteiger partial charge in [-0.1, -0.05) is 34.4 Å². The highest BCUT2D eigenvalue weighted by molar-refractivity contribution is 6.38. The molecule has 1 rings (SSSR count). The molecule has 4 nitrogen and oxygen atoms in total. The number of rotatable bonds is 4. The third kappa shape index (κ3) is 3.91. The van der Waals surface area contributed by atoms with E-state index in [2.05, 4.69) is 14.7 Å². The van der Waals surface area contributed by atoms with E-state index in [0.717, 1.165) is 5.56 Å². The quantitative estimate of drug-likeness (QED) is 0.482. The van der Waals surface area contributed by atoms with E-state index in [4.69, 9.17) is 23.2 Å². The lowest BCUT2D eigenvalue weighted by atomic mass is 10.1. The second kappa shape index (κ2) is 6.47. The lowest BCUT2D eigenvalue weighted by Gasteiger charge is -2.06. The predicted octanol–water partition coefficient (Wildman–Crippen LogP) is 2.71. The monoisotopic (exact) mass is 275 g/mol. The van der Waals surface area contributed by atoms with Crippen LogP contribution in [0.4, 0.5) is 0 Å². The second-order valence-corrected chi connectivity index (χ2v) is 3.97. The lowest BCUT2D eigenvalue weighted by Crippen LogP contribution is -2.19. The molecule has 92 valence electrons. The molecule has 0 atom stereocenters. The molecule has 17 heavy (non-hydrogen) atoms. The molecule has 0 spiro atoms. The molecule has 0 unspecified atom stereocenters. The highest BCUT2D eigenvalue weighted by Gasteiger charge is 2.15. The van der Waals surface area contributed by atoms with Crippen LogP contribution in [0.5, 0.6) is 0 Å². The van der Waals surface area contributed by atoms with Gasteiger partial charge in [0.05, 0.1) is 7.11 Å². The molecule has 0 heterocycles. The number of ether oxygens (including phenoxy) is 1. The van der Waals surface area contributed by atoms with Crippen molar-refractivity contribution in [3.05, 3.63) is 33.8 Å². The summed E-state index contributed by atoms with van der Waals surface area (Å²) in [6.45, 7) is 0. The fourth-order valence-electron chi connectivity index (χ4n) is 1.22. The van der Waals surface area contributed by atoms with Gasteiger partial charge in [0.1, 0.15) is 7.11 Å². The van der Waals surface area contributed by atoms with Gasteiger partial charge in [-0.3, -0.25) is 0 Å². The number of carbonyl (C=O) groups is 1. The number of nitrogens with zero attached hydrogens (tertiary/aromatic N) is 1. The summed E-state index contributed by atoms with van der Waals surface area (Å²) in [4.78, 5) is 16.0. The Kier molecular flexibility index (Phi) is 5.25. The van der Waals surface area contributed by atoms with E-state index in [-0.39, 0.29) is 12.1 Å².